The predicted octanol–water partition coefficient (Wildman–Crippen LogP) is 3.86. The van der Waals surface area contributed by atoms with Gasteiger partial charge in [0.1, 0.15) is 18.5 Å². The van der Waals surface area contributed by atoms with Crippen LogP contribution in [0.4, 0.5) is 11.4 Å². The van der Waals surface area contributed by atoms with E-state index in [1.165, 1.54) is 11.8 Å². The second kappa shape index (κ2) is 8.31. The molecule has 3 aromatic rings. The molecule has 0 aliphatic carbocycles. The van der Waals surface area contributed by atoms with Crippen molar-refractivity contribution in [1.29, 1.82) is 0 Å². The number of anilines is 1. The molecule has 0 aromatic heterocycles. The SMILES string of the molecule is O=C(CC1SC(=Nc2ccc3c(c2)OCCO3)NC1=O)Nc1cccc2ccccc12. The molecule has 2 aliphatic rings. The van der Waals surface area contributed by atoms with Gasteiger partial charge in [-0.05, 0) is 23.6 Å². The molecule has 156 valence electrons. The van der Waals surface area contributed by atoms with E-state index in [0.717, 1.165) is 16.5 Å². The number of hydrogen-bond acceptors (Lipinski definition) is 6. The minimum atomic E-state index is -0.536. The van der Waals surface area contributed by atoms with Gasteiger partial charge in [-0.25, -0.2) is 4.99 Å². The van der Waals surface area contributed by atoms with Crippen LogP contribution < -0.4 is 20.1 Å². The van der Waals surface area contributed by atoms with Crippen LogP contribution in [0.5, 0.6) is 11.5 Å². The highest BCUT2D eigenvalue weighted by Gasteiger charge is 2.32. The number of carbonyl (C=O) groups is 2. The lowest BCUT2D eigenvalue weighted by molar-refractivity contribution is -0.122. The number of nitrogens with one attached hydrogen (secondary N) is 2. The Morgan fingerprint density at radius 2 is 1.87 bits per heavy atom. The summed E-state index contributed by atoms with van der Waals surface area (Å²) < 4.78 is 11.1. The smallest absolute Gasteiger partial charge is 0.240 e. The third kappa shape index (κ3) is 4.20. The molecule has 1 unspecified atom stereocenters. The molecule has 1 saturated heterocycles. The van der Waals surface area contributed by atoms with E-state index in [4.69, 9.17) is 9.47 Å². The molecule has 2 amide bonds. The second-order valence-corrected chi connectivity index (χ2v) is 8.31. The Hall–Kier alpha value is -3.52. The van der Waals surface area contributed by atoms with Crippen molar-refractivity contribution in [3.8, 4) is 11.5 Å². The molecule has 1 atom stereocenters. The fourth-order valence-corrected chi connectivity index (χ4v) is 4.50. The fraction of sp³-hybridized carbons (Fsp3) is 0.174. The Kier molecular flexibility index (Phi) is 5.21. The Morgan fingerprint density at radius 3 is 2.77 bits per heavy atom. The zero-order valence-corrected chi connectivity index (χ0v) is 17.3. The summed E-state index contributed by atoms with van der Waals surface area (Å²) in [6, 6.07) is 18.9. The highest BCUT2D eigenvalue weighted by Crippen LogP contribution is 2.35. The number of hydrogen-bond donors (Lipinski definition) is 2. The van der Waals surface area contributed by atoms with Crippen LogP contribution in [-0.2, 0) is 9.59 Å². The van der Waals surface area contributed by atoms with Crippen molar-refractivity contribution in [3.05, 3.63) is 60.7 Å². The molecular weight excluding hydrogens is 414 g/mol. The van der Waals surface area contributed by atoms with Crippen molar-refractivity contribution in [2.75, 3.05) is 18.5 Å². The van der Waals surface area contributed by atoms with Gasteiger partial charge < -0.3 is 20.1 Å². The first-order chi connectivity index (χ1) is 15.2. The number of fused-ring (bicyclic) bond motifs is 2. The molecule has 1 fully saturated rings. The van der Waals surface area contributed by atoms with Crippen molar-refractivity contribution in [2.24, 2.45) is 4.99 Å². The minimum absolute atomic E-state index is 0.0554. The van der Waals surface area contributed by atoms with Crippen molar-refractivity contribution in [2.45, 2.75) is 11.7 Å². The first-order valence-corrected chi connectivity index (χ1v) is 10.8. The normalized spacial score (nSPS) is 18.8. The molecule has 0 bridgehead atoms. The topological polar surface area (TPSA) is 89.0 Å². The van der Waals surface area contributed by atoms with Crippen molar-refractivity contribution in [1.82, 2.24) is 5.32 Å². The first kappa shape index (κ1) is 19.4. The van der Waals surface area contributed by atoms with Crippen LogP contribution in [0.2, 0.25) is 0 Å². The van der Waals surface area contributed by atoms with Gasteiger partial charge in [0, 0.05) is 23.6 Å². The maximum absolute atomic E-state index is 12.6. The quantitative estimate of drug-likeness (QED) is 0.652. The molecule has 8 heteroatoms. The number of thioether (sulfide) groups is 1. The zero-order valence-electron chi connectivity index (χ0n) is 16.5. The maximum Gasteiger partial charge on any atom is 0.240 e. The van der Waals surface area contributed by atoms with Crippen LogP contribution in [0, 0.1) is 0 Å². The van der Waals surface area contributed by atoms with Gasteiger partial charge in [0.15, 0.2) is 16.7 Å². The van der Waals surface area contributed by atoms with E-state index in [9.17, 15) is 9.59 Å². The van der Waals surface area contributed by atoms with E-state index < -0.39 is 5.25 Å². The number of aliphatic imine (C=N–C) groups is 1. The summed E-state index contributed by atoms with van der Waals surface area (Å²) in [5.74, 6) is 0.869. The average Bonchev–Trinajstić information content (AvgIpc) is 3.12. The maximum atomic E-state index is 12.6. The van der Waals surface area contributed by atoms with Gasteiger partial charge in [-0.2, -0.15) is 0 Å². The highest BCUT2D eigenvalue weighted by atomic mass is 32.2. The molecule has 0 spiro atoms. The number of benzene rings is 3. The number of rotatable bonds is 4. The van der Waals surface area contributed by atoms with Crippen molar-refractivity contribution < 1.29 is 19.1 Å². The second-order valence-electron chi connectivity index (χ2n) is 7.12. The lowest BCUT2D eigenvalue weighted by Crippen LogP contribution is -2.28. The highest BCUT2D eigenvalue weighted by molar-refractivity contribution is 8.15. The Morgan fingerprint density at radius 1 is 1.06 bits per heavy atom. The molecular formula is C23H19N3O4S. The Bertz CT molecular complexity index is 1210. The van der Waals surface area contributed by atoms with Crippen LogP contribution in [-0.4, -0.2) is 35.4 Å². The third-order valence-corrected chi connectivity index (χ3v) is 6.05. The lowest BCUT2D eigenvalue weighted by atomic mass is 10.1. The van der Waals surface area contributed by atoms with Gasteiger partial charge in [-0.1, -0.05) is 48.2 Å². The fourth-order valence-electron chi connectivity index (χ4n) is 3.52. The van der Waals surface area contributed by atoms with Gasteiger partial charge in [0.25, 0.3) is 0 Å². The standard InChI is InChI=1S/C23H19N3O4S/c27-21(25-17-7-3-5-14-4-1-2-6-16(14)17)13-20-22(28)26-23(31-20)24-15-8-9-18-19(12-15)30-11-10-29-18/h1-9,12,20H,10-11,13H2,(H,25,27)(H,24,26,28). The number of carbonyl (C=O) groups excluding carboxylic acids is 2. The Labute approximate surface area is 182 Å². The summed E-state index contributed by atoms with van der Waals surface area (Å²) in [4.78, 5) is 29.5. The van der Waals surface area contributed by atoms with E-state index in [2.05, 4.69) is 15.6 Å². The van der Waals surface area contributed by atoms with E-state index in [1.54, 1.807) is 18.2 Å². The Balaban J connectivity index is 1.26. The summed E-state index contributed by atoms with van der Waals surface area (Å²) >= 11 is 1.25. The van der Waals surface area contributed by atoms with E-state index >= 15 is 0 Å². The van der Waals surface area contributed by atoms with Crippen molar-refractivity contribution in [3.63, 3.8) is 0 Å². The van der Waals surface area contributed by atoms with Gasteiger partial charge in [0.2, 0.25) is 11.8 Å². The zero-order chi connectivity index (χ0) is 21.2. The minimum Gasteiger partial charge on any atom is -0.486 e. The number of amides is 2. The van der Waals surface area contributed by atoms with Gasteiger partial charge in [-0.3, -0.25) is 9.59 Å². The summed E-state index contributed by atoms with van der Waals surface area (Å²) in [5.41, 5.74) is 1.38. The first-order valence-electron chi connectivity index (χ1n) is 9.89. The molecule has 2 heterocycles. The predicted molar refractivity (Wildman–Crippen MR) is 121 cm³/mol. The third-order valence-electron chi connectivity index (χ3n) is 4.97. The molecule has 7 nitrogen and oxygen atoms in total. The van der Waals surface area contributed by atoms with Gasteiger partial charge in [-0.15, -0.1) is 0 Å². The van der Waals surface area contributed by atoms with E-state index in [1.807, 2.05) is 42.5 Å². The molecule has 0 radical (unpaired) electrons. The largest absolute Gasteiger partial charge is 0.486 e. The molecule has 2 N–H and O–H groups in total. The van der Waals surface area contributed by atoms with Gasteiger partial charge >= 0.3 is 0 Å². The monoisotopic (exact) mass is 433 g/mol. The van der Waals surface area contributed by atoms with Crippen molar-refractivity contribution >= 4 is 50.9 Å². The van der Waals surface area contributed by atoms with Crippen LogP contribution in [0.15, 0.2) is 65.7 Å². The molecule has 5 rings (SSSR count). The average molecular weight is 433 g/mol. The lowest BCUT2D eigenvalue weighted by Gasteiger charge is -2.18. The number of amidine groups is 1. The number of nitrogens with zero attached hydrogens (tertiary/aromatic N) is 1. The summed E-state index contributed by atoms with van der Waals surface area (Å²) in [6.45, 7) is 1.02. The van der Waals surface area contributed by atoms with E-state index in [0.29, 0.717) is 35.6 Å². The van der Waals surface area contributed by atoms with Crippen LogP contribution in [0.1, 0.15) is 6.42 Å². The van der Waals surface area contributed by atoms with E-state index in [-0.39, 0.29) is 18.2 Å². The molecule has 2 aliphatic heterocycles. The molecule has 0 saturated carbocycles. The van der Waals surface area contributed by atoms with Crippen LogP contribution in [0.25, 0.3) is 10.8 Å². The molecule has 3 aromatic carbocycles. The van der Waals surface area contributed by atoms with Crippen LogP contribution >= 0.6 is 11.8 Å². The summed E-state index contributed by atoms with van der Waals surface area (Å²) in [6.07, 6.45) is 0.0554. The van der Waals surface area contributed by atoms with Gasteiger partial charge in [0.05, 0.1) is 5.69 Å². The molecule has 31 heavy (non-hydrogen) atoms. The van der Waals surface area contributed by atoms with Crippen LogP contribution in [0.3, 0.4) is 0 Å². The summed E-state index contributed by atoms with van der Waals surface area (Å²) in [5, 5.41) is 7.61. The number of ether oxygens (including phenoxy) is 2. The summed E-state index contributed by atoms with van der Waals surface area (Å²) in [7, 11) is 0.